The van der Waals surface area contributed by atoms with E-state index < -0.39 is 0 Å². The standard InChI is InChI=1S/C11H16OS/c1-7-5-8(12)6-9(10(7)13)11(2,3)4/h5-6,12-13H,1-4H3. The van der Waals surface area contributed by atoms with Gasteiger partial charge in [0, 0.05) is 4.90 Å². The van der Waals surface area contributed by atoms with Crippen molar-refractivity contribution in [3.8, 4) is 5.75 Å². The molecule has 0 bridgehead atoms. The number of benzene rings is 1. The Morgan fingerprint density at radius 2 is 1.77 bits per heavy atom. The molecule has 1 aromatic carbocycles. The number of hydrogen-bond acceptors (Lipinski definition) is 2. The van der Waals surface area contributed by atoms with Gasteiger partial charge in [-0.05, 0) is 35.6 Å². The summed E-state index contributed by atoms with van der Waals surface area (Å²) in [7, 11) is 0. The van der Waals surface area contributed by atoms with Crippen molar-refractivity contribution in [2.24, 2.45) is 0 Å². The van der Waals surface area contributed by atoms with Gasteiger partial charge in [0.15, 0.2) is 0 Å². The molecule has 0 saturated carbocycles. The van der Waals surface area contributed by atoms with Crippen molar-refractivity contribution in [1.82, 2.24) is 0 Å². The summed E-state index contributed by atoms with van der Waals surface area (Å²) < 4.78 is 0. The van der Waals surface area contributed by atoms with Crippen molar-refractivity contribution < 1.29 is 5.11 Å². The molecule has 0 amide bonds. The van der Waals surface area contributed by atoms with Gasteiger partial charge in [0.05, 0.1) is 0 Å². The van der Waals surface area contributed by atoms with Crippen LogP contribution in [0, 0.1) is 6.92 Å². The fourth-order valence-electron chi connectivity index (χ4n) is 1.33. The number of aromatic hydroxyl groups is 1. The summed E-state index contributed by atoms with van der Waals surface area (Å²) in [6, 6.07) is 3.52. The Kier molecular flexibility index (Phi) is 2.62. The van der Waals surface area contributed by atoms with E-state index in [-0.39, 0.29) is 5.41 Å². The number of aryl methyl sites for hydroxylation is 1. The van der Waals surface area contributed by atoms with Gasteiger partial charge in [-0.1, -0.05) is 20.8 Å². The van der Waals surface area contributed by atoms with Crippen LogP contribution in [0.4, 0.5) is 0 Å². The summed E-state index contributed by atoms with van der Waals surface area (Å²) in [5.74, 6) is 0.320. The lowest BCUT2D eigenvalue weighted by molar-refractivity contribution is 0.468. The molecule has 72 valence electrons. The van der Waals surface area contributed by atoms with Crippen LogP contribution in [-0.2, 0) is 5.41 Å². The average molecular weight is 196 g/mol. The van der Waals surface area contributed by atoms with Crippen LogP contribution < -0.4 is 0 Å². The first kappa shape index (κ1) is 10.5. The quantitative estimate of drug-likeness (QED) is 0.610. The highest BCUT2D eigenvalue weighted by molar-refractivity contribution is 7.80. The molecule has 0 unspecified atom stereocenters. The fraction of sp³-hybridized carbons (Fsp3) is 0.455. The van der Waals surface area contributed by atoms with E-state index in [1.807, 2.05) is 6.92 Å². The summed E-state index contributed by atoms with van der Waals surface area (Å²) in [5, 5.41) is 9.45. The molecule has 0 aliphatic heterocycles. The second-order valence-electron chi connectivity index (χ2n) is 4.41. The molecule has 0 aromatic heterocycles. The molecule has 0 aliphatic carbocycles. The van der Waals surface area contributed by atoms with Gasteiger partial charge in [0.25, 0.3) is 0 Å². The molecule has 1 rings (SSSR count). The van der Waals surface area contributed by atoms with E-state index in [1.165, 1.54) is 0 Å². The second kappa shape index (κ2) is 3.26. The Hall–Kier alpha value is -0.630. The van der Waals surface area contributed by atoms with E-state index in [4.69, 9.17) is 0 Å². The van der Waals surface area contributed by atoms with Crippen molar-refractivity contribution in [2.75, 3.05) is 0 Å². The van der Waals surface area contributed by atoms with Crippen LogP contribution in [-0.4, -0.2) is 5.11 Å². The van der Waals surface area contributed by atoms with Gasteiger partial charge >= 0.3 is 0 Å². The van der Waals surface area contributed by atoms with Gasteiger partial charge in [0.1, 0.15) is 5.75 Å². The maximum absolute atomic E-state index is 9.45. The molecule has 0 heterocycles. The van der Waals surface area contributed by atoms with Gasteiger partial charge in [-0.15, -0.1) is 12.6 Å². The van der Waals surface area contributed by atoms with Crippen LogP contribution in [0.25, 0.3) is 0 Å². The average Bonchev–Trinajstić information content (AvgIpc) is 1.94. The number of hydrogen-bond donors (Lipinski definition) is 2. The van der Waals surface area contributed by atoms with Crippen molar-refractivity contribution in [2.45, 2.75) is 38.0 Å². The minimum Gasteiger partial charge on any atom is -0.508 e. The largest absolute Gasteiger partial charge is 0.508 e. The van der Waals surface area contributed by atoms with Crippen LogP contribution >= 0.6 is 12.6 Å². The van der Waals surface area contributed by atoms with E-state index in [0.717, 1.165) is 16.0 Å². The SMILES string of the molecule is Cc1cc(O)cc(C(C)(C)C)c1S. The Bertz CT molecular complexity index is 324. The monoisotopic (exact) mass is 196 g/mol. The Labute approximate surface area is 85.2 Å². The molecular weight excluding hydrogens is 180 g/mol. The van der Waals surface area contributed by atoms with Crippen LogP contribution in [0.1, 0.15) is 31.9 Å². The van der Waals surface area contributed by atoms with E-state index in [2.05, 4.69) is 33.4 Å². The van der Waals surface area contributed by atoms with E-state index >= 15 is 0 Å². The highest BCUT2D eigenvalue weighted by Gasteiger charge is 2.18. The molecule has 0 aliphatic rings. The number of phenolic OH excluding ortho intramolecular Hbond substituents is 1. The molecule has 2 heteroatoms. The van der Waals surface area contributed by atoms with Gasteiger partial charge in [-0.3, -0.25) is 0 Å². The first-order valence-corrected chi connectivity index (χ1v) is 4.80. The van der Waals surface area contributed by atoms with Crippen molar-refractivity contribution >= 4 is 12.6 Å². The van der Waals surface area contributed by atoms with Gasteiger partial charge in [-0.25, -0.2) is 0 Å². The Balaban J connectivity index is 3.37. The predicted molar refractivity (Wildman–Crippen MR) is 58.8 cm³/mol. The molecule has 0 saturated heterocycles. The molecule has 0 fully saturated rings. The number of thiol groups is 1. The zero-order valence-corrected chi connectivity index (χ0v) is 9.44. The Morgan fingerprint density at radius 3 is 2.23 bits per heavy atom. The minimum atomic E-state index is 0.0284. The van der Waals surface area contributed by atoms with E-state index in [0.29, 0.717) is 5.75 Å². The summed E-state index contributed by atoms with van der Waals surface area (Å²) >= 11 is 4.44. The highest BCUT2D eigenvalue weighted by Crippen LogP contribution is 2.33. The third kappa shape index (κ3) is 2.19. The molecule has 0 radical (unpaired) electrons. The first-order valence-electron chi connectivity index (χ1n) is 4.35. The molecule has 1 nitrogen and oxygen atoms in total. The van der Waals surface area contributed by atoms with Gasteiger partial charge < -0.3 is 5.11 Å². The molecule has 1 aromatic rings. The Morgan fingerprint density at radius 1 is 1.23 bits per heavy atom. The fourth-order valence-corrected chi connectivity index (χ4v) is 1.80. The van der Waals surface area contributed by atoms with Crippen LogP contribution in [0.3, 0.4) is 0 Å². The minimum absolute atomic E-state index is 0.0284. The third-order valence-corrected chi connectivity index (χ3v) is 2.69. The topological polar surface area (TPSA) is 20.2 Å². The third-order valence-electron chi connectivity index (χ3n) is 2.09. The molecule has 0 spiro atoms. The maximum atomic E-state index is 9.45. The number of phenols is 1. The lowest BCUT2D eigenvalue weighted by Crippen LogP contribution is -2.12. The lowest BCUT2D eigenvalue weighted by atomic mass is 9.86. The number of rotatable bonds is 0. The van der Waals surface area contributed by atoms with E-state index in [9.17, 15) is 5.11 Å². The van der Waals surface area contributed by atoms with Crippen LogP contribution in [0.2, 0.25) is 0 Å². The van der Waals surface area contributed by atoms with Crippen LogP contribution in [0.5, 0.6) is 5.75 Å². The summed E-state index contributed by atoms with van der Waals surface area (Å²) in [6.45, 7) is 8.29. The van der Waals surface area contributed by atoms with Gasteiger partial charge in [0.2, 0.25) is 0 Å². The van der Waals surface area contributed by atoms with Crippen molar-refractivity contribution in [1.29, 1.82) is 0 Å². The first-order chi connectivity index (χ1) is 5.82. The van der Waals surface area contributed by atoms with Crippen molar-refractivity contribution in [3.63, 3.8) is 0 Å². The lowest BCUT2D eigenvalue weighted by Gasteiger charge is -2.22. The van der Waals surface area contributed by atoms with E-state index in [1.54, 1.807) is 12.1 Å². The maximum Gasteiger partial charge on any atom is 0.116 e. The summed E-state index contributed by atoms with van der Waals surface area (Å²) in [4.78, 5) is 0.977. The van der Waals surface area contributed by atoms with Crippen molar-refractivity contribution in [3.05, 3.63) is 23.3 Å². The normalized spacial score (nSPS) is 11.8. The summed E-state index contributed by atoms with van der Waals surface area (Å²) in [6.07, 6.45) is 0. The predicted octanol–water partition coefficient (Wildman–Crippen LogP) is 3.29. The molecular formula is C11H16OS. The smallest absolute Gasteiger partial charge is 0.116 e. The molecule has 0 atom stereocenters. The summed E-state index contributed by atoms with van der Waals surface area (Å²) in [5.41, 5.74) is 2.14. The highest BCUT2D eigenvalue weighted by atomic mass is 32.1. The zero-order valence-electron chi connectivity index (χ0n) is 8.55. The van der Waals surface area contributed by atoms with Gasteiger partial charge in [-0.2, -0.15) is 0 Å². The second-order valence-corrected chi connectivity index (χ2v) is 4.86. The van der Waals surface area contributed by atoms with Crippen LogP contribution in [0.15, 0.2) is 17.0 Å². The zero-order chi connectivity index (χ0) is 10.2. The molecule has 13 heavy (non-hydrogen) atoms. The molecule has 1 N–H and O–H groups in total.